The molecule has 0 fully saturated rings. The first kappa shape index (κ1) is 17.0. The van der Waals surface area contributed by atoms with Crippen molar-refractivity contribution in [2.75, 3.05) is 27.2 Å². The van der Waals surface area contributed by atoms with Crippen molar-refractivity contribution in [3.8, 4) is 0 Å². The van der Waals surface area contributed by atoms with Crippen LogP contribution >= 0.6 is 15.9 Å². The molecule has 0 spiro atoms. The molecule has 2 heterocycles. The maximum atomic E-state index is 12.6. The molecule has 0 radical (unpaired) electrons. The second-order valence-electron chi connectivity index (χ2n) is 5.71. The first-order chi connectivity index (χ1) is 10.4. The normalized spacial score (nSPS) is 11.4. The number of pyridine rings is 1. The van der Waals surface area contributed by atoms with E-state index in [1.54, 1.807) is 0 Å². The van der Waals surface area contributed by atoms with Crippen molar-refractivity contribution in [3.05, 3.63) is 33.7 Å². The molecular formula is C16H23BrN4O. The molecule has 0 aliphatic rings. The molecule has 120 valence electrons. The SMILES string of the molecule is CCc1nc2c(C)cc(Br)cn2c1C(=O)NCCCN(C)C. The highest BCUT2D eigenvalue weighted by Crippen LogP contribution is 2.21. The molecule has 0 atom stereocenters. The summed E-state index contributed by atoms with van der Waals surface area (Å²) in [6, 6.07) is 2.01. The van der Waals surface area contributed by atoms with Gasteiger partial charge in [-0.25, -0.2) is 4.98 Å². The van der Waals surface area contributed by atoms with Gasteiger partial charge in [-0.15, -0.1) is 0 Å². The molecule has 6 heteroatoms. The molecule has 2 rings (SSSR count). The van der Waals surface area contributed by atoms with Gasteiger partial charge in [0.25, 0.3) is 5.91 Å². The van der Waals surface area contributed by atoms with Gasteiger partial charge in [-0.1, -0.05) is 6.92 Å². The van der Waals surface area contributed by atoms with Crippen LogP contribution in [-0.4, -0.2) is 47.4 Å². The van der Waals surface area contributed by atoms with Crippen LogP contribution in [0.15, 0.2) is 16.7 Å². The Labute approximate surface area is 139 Å². The van der Waals surface area contributed by atoms with E-state index in [1.807, 2.05) is 44.6 Å². The molecule has 0 aliphatic heterocycles. The van der Waals surface area contributed by atoms with Gasteiger partial charge in [-0.2, -0.15) is 0 Å². The van der Waals surface area contributed by atoms with Crippen molar-refractivity contribution in [2.24, 2.45) is 0 Å². The molecule has 0 saturated heterocycles. The van der Waals surface area contributed by atoms with Gasteiger partial charge in [0.15, 0.2) is 0 Å². The average molecular weight is 367 g/mol. The van der Waals surface area contributed by atoms with Crippen LogP contribution < -0.4 is 5.32 Å². The molecule has 1 N–H and O–H groups in total. The molecule has 0 aromatic carbocycles. The molecule has 2 aromatic heterocycles. The van der Waals surface area contributed by atoms with E-state index >= 15 is 0 Å². The van der Waals surface area contributed by atoms with Crippen molar-refractivity contribution in [3.63, 3.8) is 0 Å². The third-order valence-corrected chi connectivity index (χ3v) is 3.99. The Morgan fingerprint density at radius 1 is 1.45 bits per heavy atom. The van der Waals surface area contributed by atoms with Crippen molar-refractivity contribution in [1.82, 2.24) is 19.6 Å². The Balaban J connectivity index is 2.27. The van der Waals surface area contributed by atoms with Gasteiger partial charge in [-0.3, -0.25) is 9.20 Å². The molecule has 0 aliphatic carbocycles. The standard InChI is InChI=1S/C16H23BrN4O/c1-5-13-14(16(22)18-7-6-8-20(3)4)21-10-12(17)9-11(2)15(21)19-13/h9-10H,5-8H2,1-4H3,(H,18,22). The molecular weight excluding hydrogens is 344 g/mol. The van der Waals surface area contributed by atoms with E-state index in [4.69, 9.17) is 0 Å². The number of amides is 1. The number of nitrogens with one attached hydrogen (secondary N) is 1. The Bertz CT molecular complexity index is 678. The van der Waals surface area contributed by atoms with Crippen LogP contribution in [0.5, 0.6) is 0 Å². The summed E-state index contributed by atoms with van der Waals surface area (Å²) in [6.45, 7) is 5.65. The molecule has 22 heavy (non-hydrogen) atoms. The predicted molar refractivity (Wildman–Crippen MR) is 92.5 cm³/mol. The van der Waals surface area contributed by atoms with Gasteiger partial charge < -0.3 is 10.2 Å². The van der Waals surface area contributed by atoms with E-state index in [0.717, 1.165) is 40.8 Å². The van der Waals surface area contributed by atoms with Crippen molar-refractivity contribution in [1.29, 1.82) is 0 Å². The second-order valence-corrected chi connectivity index (χ2v) is 6.62. The van der Waals surface area contributed by atoms with Crippen LogP contribution in [0.2, 0.25) is 0 Å². The number of halogens is 1. The summed E-state index contributed by atoms with van der Waals surface area (Å²) in [4.78, 5) is 19.3. The lowest BCUT2D eigenvalue weighted by Crippen LogP contribution is -2.28. The molecule has 1 amide bonds. The minimum Gasteiger partial charge on any atom is -0.351 e. The van der Waals surface area contributed by atoms with Crippen LogP contribution in [0, 0.1) is 6.92 Å². The number of aryl methyl sites for hydroxylation is 2. The number of fused-ring (bicyclic) bond motifs is 1. The van der Waals surface area contributed by atoms with Gasteiger partial charge in [0.1, 0.15) is 11.3 Å². The number of carbonyl (C=O) groups is 1. The van der Waals surface area contributed by atoms with E-state index < -0.39 is 0 Å². The zero-order valence-corrected chi connectivity index (χ0v) is 15.2. The summed E-state index contributed by atoms with van der Waals surface area (Å²) in [5, 5.41) is 3.00. The van der Waals surface area contributed by atoms with Gasteiger partial charge in [0.05, 0.1) is 5.69 Å². The van der Waals surface area contributed by atoms with Gasteiger partial charge in [0.2, 0.25) is 0 Å². The topological polar surface area (TPSA) is 49.6 Å². The fourth-order valence-corrected chi connectivity index (χ4v) is 3.03. The van der Waals surface area contributed by atoms with Crippen LogP contribution in [0.1, 0.15) is 35.1 Å². The van der Waals surface area contributed by atoms with Gasteiger partial charge in [0, 0.05) is 17.2 Å². The van der Waals surface area contributed by atoms with Gasteiger partial charge >= 0.3 is 0 Å². The first-order valence-electron chi connectivity index (χ1n) is 7.54. The Morgan fingerprint density at radius 2 is 2.18 bits per heavy atom. The average Bonchev–Trinajstić information content (AvgIpc) is 2.82. The number of rotatable bonds is 6. The summed E-state index contributed by atoms with van der Waals surface area (Å²) < 4.78 is 2.83. The fourth-order valence-electron chi connectivity index (χ4n) is 2.48. The lowest BCUT2D eigenvalue weighted by Gasteiger charge is -2.10. The maximum absolute atomic E-state index is 12.6. The first-order valence-corrected chi connectivity index (χ1v) is 8.33. The van der Waals surface area contributed by atoms with E-state index in [2.05, 4.69) is 31.1 Å². The maximum Gasteiger partial charge on any atom is 0.270 e. The molecule has 5 nitrogen and oxygen atoms in total. The van der Waals surface area contributed by atoms with Crippen LogP contribution in [0.4, 0.5) is 0 Å². The van der Waals surface area contributed by atoms with Crippen LogP contribution in [-0.2, 0) is 6.42 Å². The number of hydrogen-bond acceptors (Lipinski definition) is 3. The second kappa shape index (κ2) is 7.24. The minimum absolute atomic E-state index is 0.0550. The van der Waals surface area contributed by atoms with Crippen molar-refractivity contribution in [2.45, 2.75) is 26.7 Å². The Morgan fingerprint density at radius 3 is 2.82 bits per heavy atom. The predicted octanol–water partition coefficient (Wildman–Crippen LogP) is 2.65. The summed E-state index contributed by atoms with van der Waals surface area (Å²) in [7, 11) is 4.06. The number of carbonyl (C=O) groups excluding carboxylic acids is 1. The minimum atomic E-state index is -0.0550. The monoisotopic (exact) mass is 366 g/mol. The smallest absolute Gasteiger partial charge is 0.270 e. The third-order valence-electron chi connectivity index (χ3n) is 3.56. The molecule has 0 saturated carbocycles. The Kier molecular flexibility index (Phi) is 5.58. The fraction of sp³-hybridized carbons (Fsp3) is 0.500. The number of aromatic nitrogens is 2. The third kappa shape index (κ3) is 3.67. The highest BCUT2D eigenvalue weighted by molar-refractivity contribution is 9.10. The summed E-state index contributed by atoms with van der Waals surface area (Å²) in [5.41, 5.74) is 3.38. The molecule has 2 aromatic rings. The number of hydrogen-bond donors (Lipinski definition) is 1. The van der Waals surface area contributed by atoms with E-state index in [0.29, 0.717) is 12.2 Å². The highest BCUT2D eigenvalue weighted by Gasteiger charge is 2.19. The van der Waals surface area contributed by atoms with Crippen LogP contribution in [0.3, 0.4) is 0 Å². The van der Waals surface area contributed by atoms with Gasteiger partial charge in [-0.05, 0) is 68.0 Å². The van der Waals surface area contributed by atoms with Crippen molar-refractivity contribution >= 4 is 27.5 Å². The lowest BCUT2D eigenvalue weighted by molar-refractivity contribution is 0.0945. The summed E-state index contributed by atoms with van der Waals surface area (Å²) in [5.74, 6) is -0.0550. The molecule has 0 bridgehead atoms. The largest absolute Gasteiger partial charge is 0.351 e. The Hall–Kier alpha value is -1.40. The van der Waals surface area contributed by atoms with Crippen molar-refractivity contribution < 1.29 is 4.79 Å². The zero-order valence-electron chi connectivity index (χ0n) is 13.6. The van der Waals surface area contributed by atoms with E-state index in [-0.39, 0.29) is 5.91 Å². The van der Waals surface area contributed by atoms with Crippen LogP contribution in [0.25, 0.3) is 5.65 Å². The van der Waals surface area contributed by atoms with E-state index in [9.17, 15) is 4.79 Å². The summed E-state index contributed by atoms with van der Waals surface area (Å²) >= 11 is 3.49. The number of imidazole rings is 1. The quantitative estimate of drug-likeness (QED) is 0.799. The summed E-state index contributed by atoms with van der Waals surface area (Å²) in [6.07, 6.45) is 3.57. The molecule has 0 unspecified atom stereocenters. The number of nitrogens with zero attached hydrogens (tertiary/aromatic N) is 3. The zero-order chi connectivity index (χ0) is 16.3. The lowest BCUT2D eigenvalue weighted by atomic mass is 10.2. The van der Waals surface area contributed by atoms with E-state index in [1.165, 1.54) is 0 Å². The highest BCUT2D eigenvalue weighted by atomic mass is 79.9.